The van der Waals surface area contributed by atoms with Crippen molar-refractivity contribution in [3.8, 4) is 0 Å². The number of amides is 3. The molecule has 4 aliphatic rings. The Kier molecular flexibility index (Phi) is 9.50. The molecule has 3 amide bonds. The second-order valence-electron chi connectivity index (χ2n) is 12.2. The molecular formula is C30H45N3O7. The van der Waals surface area contributed by atoms with Gasteiger partial charge in [-0.05, 0) is 37.2 Å². The number of rotatable bonds is 10. The molecule has 10 nitrogen and oxygen atoms in total. The van der Waals surface area contributed by atoms with E-state index in [-0.39, 0.29) is 54.7 Å². The summed E-state index contributed by atoms with van der Waals surface area (Å²) in [6.45, 7) is 7.04. The number of fused-ring (bicyclic) bond motifs is 1. The first-order chi connectivity index (χ1) is 19.3. The van der Waals surface area contributed by atoms with Gasteiger partial charge in [0.2, 0.25) is 0 Å². The van der Waals surface area contributed by atoms with Crippen LogP contribution in [-0.2, 0) is 25.4 Å². The Morgan fingerprint density at radius 2 is 1.82 bits per heavy atom. The molecule has 2 bridgehead atoms. The molecule has 1 aliphatic carbocycles. The third-order valence-electron chi connectivity index (χ3n) is 8.91. The molecule has 1 aromatic carbocycles. The van der Waals surface area contributed by atoms with E-state index in [9.17, 15) is 14.7 Å². The Bertz CT molecular complexity index is 987. The lowest BCUT2D eigenvalue weighted by molar-refractivity contribution is -0.169. The Labute approximate surface area is 237 Å². The highest BCUT2D eigenvalue weighted by Gasteiger charge is 2.56. The summed E-state index contributed by atoms with van der Waals surface area (Å²) in [6, 6.07) is 9.02. The second-order valence-corrected chi connectivity index (χ2v) is 12.2. The van der Waals surface area contributed by atoms with Crippen LogP contribution >= 0.6 is 0 Å². The molecule has 222 valence electrons. The van der Waals surface area contributed by atoms with Gasteiger partial charge in [-0.2, -0.15) is 0 Å². The summed E-state index contributed by atoms with van der Waals surface area (Å²) < 4.78 is 23.0. The molecule has 5 rings (SSSR count). The molecule has 7 atom stereocenters. The predicted octanol–water partition coefficient (Wildman–Crippen LogP) is 2.88. The molecule has 3 aliphatic heterocycles. The zero-order chi connectivity index (χ0) is 28.2. The average molecular weight is 560 g/mol. The first-order valence-corrected chi connectivity index (χ1v) is 14.8. The molecule has 3 heterocycles. The van der Waals surface area contributed by atoms with E-state index >= 15 is 0 Å². The van der Waals surface area contributed by atoms with Crippen molar-refractivity contribution in [2.24, 2.45) is 23.7 Å². The summed E-state index contributed by atoms with van der Waals surface area (Å²) in [6.07, 6.45) is 1.13. The minimum atomic E-state index is -0.989. The predicted molar refractivity (Wildman–Crippen MR) is 148 cm³/mol. The molecule has 0 radical (unpaired) electrons. The van der Waals surface area contributed by atoms with Gasteiger partial charge in [-0.25, -0.2) is 9.59 Å². The standard InChI is InChI=1S/C30H45N3O7/c1-19(2)15-33(30(36)32-11-9-22(37-3)10-12-32)16-26(34)25(13-20-7-5-4-6-8-20)31-29(35)40-27-21-14-23-24(27)18-39-28(23)38-17-21/h4-8,19,21-28,34H,9-18H2,1-3H3,(H,31,35)/t21?,23?,24?,25-,26+,27?,28?/m0/s1. The average Bonchev–Trinajstić information content (AvgIpc) is 3.49. The SMILES string of the molecule is COC1CCN(C(=O)N(CC(C)C)C[C@@H](O)[C@H](Cc2ccccc2)NC(=O)OC2C3COC4OCC2C4C3)CC1. The number of carbonyl (C=O) groups is 2. The molecule has 10 heteroatoms. The zero-order valence-electron chi connectivity index (χ0n) is 23.9. The number of hydrogen-bond acceptors (Lipinski definition) is 7. The summed E-state index contributed by atoms with van der Waals surface area (Å²) in [5.74, 6) is 0.799. The molecule has 2 N–H and O–H groups in total. The van der Waals surface area contributed by atoms with Crippen LogP contribution in [0.25, 0.3) is 0 Å². The summed E-state index contributed by atoms with van der Waals surface area (Å²) in [5.41, 5.74) is 0.979. The maximum Gasteiger partial charge on any atom is 0.407 e. The molecule has 3 saturated heterocycles. The second kappa shape index (κ2) is 13.1. The maximum atomic E-state index is 13.5. The highest BCUT2D eigenvalue weighted by atomic mass is 16.7. The first kappa shape index (κ1) is 29.1. The third kappa shape index (κ3) is 6.73. The lowest BCUT2D eigenvalue weighted by atomic mass is 9.98. The van der Waals surface area contributed by atoms with E-state index in [0.29, 0.717) is 39.3 Å². The van der Waals surface area contributed by atoms with Crippen molar-refractivity contribution in [3.63, 3.8) is 0 Å². The van der Waals surface area contributed by atoms with Crippen LogP contribution in [0.4, 0.5) is 9.59 Å². The van der Waals surface area contributed by atoms with E-state index in [4.69, 9.17) is 18.9 Å². The van der Waals surface area contributed by atoms with E-state index in [1.807, 2.05) is 35.2 Å². The van der Waals surface area contributed by atoms with E-state index in [1.54, 1.807) is 12.0 Å². The monoisotopic (exact) mass is 559 g/mol. The number of alkyl carbamates (subject to hydrolysis) is 1. The lowest BCUT2D eigenvalue weighted by Crippen LogP contribution is -2.55. The fourth-order valence-electron chi connectivity index (χ4n) is 6.82. The van der Waals surface area contributed by atoms with Crippen LogP contribution in [0.1, 0.15) is 38.7 Å². The van der Waals surface area contributed by atoms with Gasteiger partial charge in [-0.3, -0.25) is 0 Å². The number of ether oxygens (including phenoxy) is 4. The van der Waals surface area contributed by atoms with Crippen LogP contribution < -0.4 is 5.32 Å². The van der Waals surface area contributed by atoms with Crippen molar-refractivity contribution in [3.05, 3.63) is 35.9 Å². The van der Waals surface area contributed by atoms with Crippen LogP contribution in [0.15, 0.2) is 30.3 Å². The molecule has 0 spiro atoms. The molecular weight excluding hydrogens is 514 g/mol. The number of carbonyl (C=O) groups excluding carboxylic acids is 2. The molecule has 1 saturated carbocycles. The lowest BCUT2D eigenvalue weighted by Gasteiger charge is -2.37. The van der Waals surface area contributed by atoms with Gasteiger partial charge in [0.1, 0.15) is 6.10 Å². The number of piperidine rings is 1. The molecule has 5 unspecified atom stereocenters. The smallest absolute Gasteiger partial charge is 0.407 e. The van der Waals surface area contributed by atoms with Crippen LogP contribution in [0.3, 0.4) is 0 Å². The minimum absolute atomic E-state index is 0.0858. The summed E-state index contributed by atoms with van der Waals surface area (Å²) >= 11 is 0. The fourth-order valence-corrected chi connectivity index (χ4v) is 6.82. The first-order valence-electron chi connectivity index (χ1n) is 14.8. The Balaban J connectivity index is 1.25. The van der Waals surface area contributed by atoms with Gasteiger partial charge in [-0.1, -0.05) is 44.2 Å². The number of methoxy groups -OCH3 is 1. The van der Waals surface area contributed by atoms with Crippen LogP contribution in [0.5, 0.6) is 0 Å². The quantitative estimate of drug-likeness (QED) is 0.454. The topological polar surface area (TPSA) is 110 Å². The van der Waals surface area contributed by atoms with Crippen LogP contribution in [0, 0.1) is 23.7 Å². The number of urea groups is 1. The molecule has 0 aromatic heterocycles. The van der Waals surface area contributed by atoms with Gasteiger partial charge in [0.25, 0.3) is 0 Å². The molecule has 1 aromatic rings. The van der Waals surface area contributed by atoms with E-state index < -0.39 is 18.2 Å². The van der Waals surface area contributed by atoms with Gasteiger partial charge in [0.15, 0.2) is 6.29 Å². The van der Waals surface area contributed by atoms with Crippen LogP contribution in [-0.4, -0.2) is 104 Å². The summed E-state index contributed by atoms with van der Waals surface area (Å²) in [5, 5.41) is 14.5. The van der Waals surface area contributed by atoms with E-state index in [1.165, 1.54) is 0 Å². The van der Waals surface area contributed by atoms with Crippen molar-refractivity contribution < 1.29 is 33.6 Å². The number of aliphatic hydroxyl groups excluding tert-OH is 1. The normalized spacial score (nSPS) is 29.3. The number of nitrogens with zero attached hydrogens (tertiary/aromatic N) is 2. The van der Waals surface area contributed by atoms with Gasteiger partial charge in [0, 0.05) is 44.5 Å². The minimum Gasteiger partial charge on any atom is -0.445 e. The van der Waals surface area contributed by atoms with Crippen LogP contribution in [0.2, 0.25) is 0 Å². The number of likely N-dealkylation sites (tertiary alicyclic amines) is 1. The van der Waals surface area contributed by atoms with Gasteiger partial charge < -0.3 is 39.2 Å². The summed E-state index contributed by atoms with van der Waals surface area (Å²) in [7, 11) is 1.71. The Morgan fingerprint density at radius 3 is 2.52 bits per heavy atom. The number of nitrogens with one attached hydrogen (secondary N) is 1. The highest BCUT2D eigenvalue weighted by Crippen LogP contribution is 2.49. The van der Waals surface area contributed by atoms with Crippen molar-refractivity contribution in [1.82, 2.24) is 15.1 Å². The Morgan fingerprint density at radius 1 is 1.10 bits per heavy atom. The number of benzene rings is 1. The number of aliphatic hydroxyl groups is 1. The van der Waals surface area contributed by atoms with Crippen molar-refractivity contribution in [1.29, 1.82) is 0 Å². The molecule has 40 heavy (non-hydrogen) atoms. The molecule has 4 fully saturated rings. The van der Waals surface area contributed by atoms with Crippen molar-refractivity contribution >= 4 is 12.1 Å². The Hall–Kier alpha value is -2.40. The zero-order valence-corrected chi connectivity index (χ0v) is 23.9. The van der Waals surface area contributed by atoms with Crippen molar-refractivity contribution in [2.75, 3.05) is 46.5 Å². The van der Waals surface area contributed by atoms with Gasteiger partial charge >= 0.3 is 12.1 Å². The van der Waals surface area contributed by atoms with E-state index in [0.717, 1.165) is 24.8 Å². The third-order valence-corrected chi connectivity index (χ3v) is 8.91. The van der Waals surface area contributed by atoms with E-state index in [2.05, 4.69) is 19.2 Å². The van der Waals surface area contributed by atoms with Gasteiger partial charge in [-0.15, -0.1) is 0 Å². The highest BCUT2D eigenvalue weighted by molar-refractivity contribution is 5.74. The fraction of sp³-hybridized carbons (Fsp3) is 0.733. The van der Waals surface area contributed by atoms with Crippen molar-refractivity contribution in [2.45, 2.75) is 70.2 Å². The van der Waals surface area contributed by atoms with Gasteiger partial charge in [0.05, 0.1) is 38.0 Å². The summed E-state index contributed by atoms with van der Waals surface area (Å²) in [4.78, 5) is 30.4. The number of hydrogen-bond donors (Lipinski definition) is 2. The largest absolute Gasteiger partial charge is 0.445 e. The maximum absolute atomic E-state index is 13.5.